The van der Waals surface area contributed by atoms with Gasteiger partial charge in [0.05, 0.1) is 0 Å². The van der Waals surface area contributed by atoms with E-state index in [4.69, 9.17) is 5.73 Å². The van der Waals surface area contributed by atoms with Crippen molar-refractivity contribution < 1.29 is 0 Å². The maximum atomic E-state index is 5.74. The van der Waals surface area contributed by atoms with Gasteiger partial charge in [-0.05, 0) is 55.0 Å². The number of hydrogen-bond donors (Lipinski definition) is 1. The molecule has 0 amide bonds. The van der Waals surface area contributed by atoms with Crippen LogP contribution in [0.5, 0.6) is 0 Å². The Kier molecular flexibility index (Phi) is 3.48. The van der Waals surface area contributed by atoms with Gasteiger partial charge in [-0.15, -0.1) is 0 Å². The topological polar surface area (TPSA) is 26.0 Å². The monoisotopic (exact) mass is 225 g/mol. The lowest BCUT2D eigenvalue weighted by molar-refractivity contribution is 0.792. The summed E-state index contributed by atoms with van der Waals surface area (Å²) in [5, 5.41) is 0. The molecule has 0 saturated carbocycles. The molecule has 0 radical (unpaired) electrons. The molecule has 1 aliphatic rings. The van der Waals surface area contributed by atoms with Gasteiger partial charge in [-0.25, -0.2) is 0 Å². The largest absolute Gasteiger partial charge is 0.399 e. The van der Waals surface area contributed by atoms with Crippen molar-refractivity contribution in [1.29, 1.82) is 0 Å². The first kappa shape index (κ1) is 11.7. The minimum atomic E-state index is 0.817. The molecular weight excluding hydrogens is 206 g/mol. The summed E-state index contributed by atoms with van der Waals surface area (Å²) >= 11 is 0. The van der Waals surface area contributed by atoms with E-state index in [1.165, 1.54) is 35.1 Å². The molecule has 1 aliphatic carbocycles. The number of nitrogen functional groups attached to an aromatic ring is 1. The first-order chi connectivity index (χ1) is 8.22. The molecule has 0 atom stereocenters. The van der Waals surface area contributed by atoms with Gasteiger partial charge in [-0.3, -0.25) is 0 Å². The summed E-state index contributed by atoms with van der Waals surface area (Å²) in [7, 11) is 0. The summed E-state index contributed by atoms with van der Waals surface area (Å²) in [5.41, 5.74) is 12.1. The number of hydrogen-bond acceptors (Lipinski definition) is 1. The Bertz CT molecular complexity index is 475. The Balaban J connectivity index is 2.48. The summed E-state index contributed by atoms with van der Waals surface area (Å²) in [6, 6.07) is 8.15. The van der Waals surface area contributed by atoms with Gasteiger partial charge < -0.3 is 5.73 Å². The molecule has 0 heterocycles. The van der Waals surface area contributed by atoms with Crippen LogP contribution in [0.2, 0.25) is 0 Å². The average molecular weight is 225 g/mol. The predicted molar refractivity (Wildman–Crippen MR) is 75.6 cm³/mol. The van der Waals surface area contributed by atoms with Gasteiger partial charge in [0.2, 0.25) is 0 Å². The van der Waals surface area contributed by atoms with Crippen LogP contribution in [0.25, 0.3) is 5.57 Å². The fourth-order valence-electron chi connectivity index (χ4n) is 2.46. The quantitative estimate of drug-likeness (QED) is 0.744. The van der Waals surface area contributed by atoms with E-state index in [0.717, 1.165) is 12.1 Å². The van der Waals surface area contributed by atoms with Crippen LogP contribution in [0, 0.1) is 0 Å². The smallest absolute Gasteiger partial charge is 0.0314 e. The van der Waals surface area contributed by atoms with Crippen molar-refractivity contribution in [2.75, 3.05) is 5.73 Å². The van der Waals surface area contributed by atoms with Crippen molar-refractivity contribution in [3.8, 4) is 0 Å². The molecule has 0 bridgehead atoms. The highest BCUT2D eigenvalue weighted by molar-refractivity contribution is 5.82. The molecular formula is C16H19N. The van der Waals surface area contributed by atoms with E-state index >= 15 is 0 Å². The molecule has 88 valence electrons. The van der Waals surface area contributed by atoms with Crippen LogP contribution in [-0.2, 0) is 0 Å². The predicted octanol–water partition coefficient (Wildman–Crippen LogP) is 4.34. The molecule has 0 unspecified atom stereocenters. The molecule has 0 spiro atoms. The van der Waals surface area contributed by atoms with E-state index in [1.54, 1.807) is 0 Å². The van der Waals surface area contributed by atoms with Crippen molar-refractivity contribution >= 4 is 11.3 Å². The first-order valence-electron chi connectivity index (χ1n) is 6.10. The number of nitrogens with two attached hydrogens (primary N) is 1. The van der Waals surface area contributed by atoms with E-state index in [1.807, 2.05) is 18.2 Å². The van der Waals surface area contributed by atoms with Gasteiger partial charge in [0, 0.05) is 5.69 Å². The number of allylic oxidation sites excluding steroid dienone is 5. The second-order valence-corrected chi connectivity index (χ2v) is 4.56. The first-order valence-corrected chi connectivity index (χ1v) is 6.10. The van der Waals surface area contributed by atoms with Crippen molar-refractivity contribution in [2.24, 2.45) is 0 Å². The van der Waals surface area contributed by atoms with Crippen LogP contribution < -0.4 is 5.73 Å². The van der Waals surface area contributed by atoms with E-state index in [9.17, 15) is 0 Å². The third-order valence-electron chi connectivity index (χ3n) is 3.26. The normalized spacial score (nSPS) is 18.5. The molecule has 2 N–H and O–H groups in total. The van der Waals surface area contributed by atoms with Crippen LogP contribution in [-0.4, -0.2) is 0 Å². The van der Waals surface area contributed by atoms with Gasteiger partial charge in [0.1, 0.15) is 0 Å². The Labute approximate surface area is 103 Å². The lowest BCUT2D eigenvalue weighted by Crippen LogP contribution is -2.01. The van der Waals surface area contributed by atoms with Crippen molar-refractivity contribution in [3.63, 3.8) is 0 Å². The second kappa shape index (κ2) is 5.05. The van der Waals surface area contributed by atoms with Gasteiger partial charge in [0.25, 0.3) is 0 Å². The fourth-order valence-corrected chi connectivity index (χ4v) is 2.46. The van der Waals surface area contributed by atoms with E-state index in [0.29, 0.717) is 0 Å². The molecule has 0 aromatic heterocycles. The van der Waals surface area contributed by atoms with E-state index < -0.39 is 0 Å². The van der Waals surface area contributed by atoms with E-state index in [-0.39, 0.29) is 0 Å². The van der Waals surface area contributed by atoms with Crippen LogP contribution >= 0.6 is 0 Å². The molecule has 2 rings (SSSR count). The SMILES string of the molecule is C=C/C=C1\CCCC(C)=C1c1ccc(N)cc1. The minimum absolute atomic E-state index is 0.817. The Morgan fingerprint density at radius 1 is 1.18 bits per heavy atom. The highest BCUT2D eigenvalue weighted by Crippen LogP contribution is 2.36. The zero-order chi connectivity index (χ0) is 12.3. The van der Waals surface area contributed by atoms with Crippen LogP contribution in [0.3, 0.4) is 0 Å². The molecule has 0 aliphatic heterocycles. The number of anilines is 1. The fraction of sp³-hybridized carbons (Fsp3) is 0.250. The number of rotatable bonds is 2. The molecule has 17 heavy (non-hydrogen) atoms. The molecule has 1 aromatic carbocycles. The van der Waals surface area contributed by atoms with Crippen LogP contribution in [0.4, 0.5) is 5.69 Å². The van der Waals surface area contributed by atoms with Crippen LogP contribution in [0.15, 0.2) is 54.1 Å². The summed E-state index contributed by atoms with van der Waals surface area (Å²) < 4.78 is 0. The lowest BCUT2D eigenvalue weighted by atomic mass is 9.84. The zero-order valence-corrected chi connectivity index (χ0v) is 10.4. The molecule has 1 heteroatoms. The number of benzene rings is 1. The van der Waals surface area contributed by atoms with Crippen LogP contribution in [0.1, 0.15) is 31.7 Å². The Morgan fingerprint density at radius 3 is 2.53 bits per heavy atom. The van der Waals surface area contributed by atoms with Gasteiger partial charge in [-0.2, -0.15) is 0 Å². The summed E-state index contributed by atoms with van der Waals surface area (Å²) in [6.07, 6.45) is 7.58. The van der Waals surface area contributed by atoms with E-state index in [2.05, 4.69) is 31.7 Å². The molecule has 1 aromatic rings. The Hall–Kier alpha value is -1.76. The van der Waals surface area contributed by atoms with Crippen molar-refractivity contribution in [2.45, 2.75) is 26.2 Å². The molecule has 0 saturated heterocycles. The highest BCUT2D eigenvalue weighted by Gasteiger charge is 2.15. The lowest BCUT2D eigenvalue weighted by Gasteiger charge is -2.21. The summed E-state index contributed by atoms with van der Waals surface area (Å²) in [4.78, 5) is 0. The summed E-state index contributed by atoms with van der Waals surface area (Å²) in [5.74, 6) is 0. The Morgan fingerprint density at radius 2 is 1.88 bits per heavy atom. The minimum Gasteiger partial charge on any atom is -0.399 e. The summed E-state index contributed by atoms with van der Waals surface area (Å²) in [6.45, 7) is 6.03. The second-order valence-electron chi connectivity index (χ2n) is 4.56. The maximum Gasteiger partial charge on any atom is 0.0314 e. The third kappa shape index (κ3) is 2.50. The van der Waals surface area contributed by atoms with Gasteiger partial charge in [0.15, 0.2) is 0 Å². The standard InChI is InChI=1S/C16H19N/c1-3-5-13-7-4-6-12(2)16(13)14-8-10-15(17)11-9-14/h3,5,8-11H,1,4,6-7,17H2,2H3/b13-5+. The van der Waals surface area contributed by atoms with Gasteiger partial charge in [-0.1, -0.05) is 36.4 Å². The molecule has 0 fully saturated rings. The highest BCUT2D eigenvalue weighted by atomic mass is 14.5. The average Bonchev–Trinajstić information content (AvgIpc) is 2.32. The maximum absolute atomic E-state index is 5.74. The molecule has 1 nitrogen and oxygen atoms in total. The van der Waals surface area contributed by atoms with Crippen molar-refractivity contribution in [1.82, 2.24) is 0 Å². The van der Waals surface area contributed by atoms with Gasteiger partial charge >= 0.3 is 0 Å². The van der Waals surface area contributed by atoms with Crippen molar-refractivity contribution in [3.05, 3.63) is 59.7 Å². The zero-order valence-electron chi connectivity index (χ0n) is 10.4. The third-order valence-corrected chi connectivity index (χ3v) is 3.26.